The summed E-state index contributed by atoms with van der Waals surface area (Å²) in [5.74, 6) is 1.30. The molecule has 120 valence electrons. The van der Waals surface area contributed by atoms with Crippen LogP contribution in [0.25, 0.3) is 0 Å². The molecule has 1 aromatic heterocycles. The van der Waals surface area contributed by atoms with Crippen LogP contribution in [-0.4, -0.2) is 41.3 Å². The van der Waals surface area contributed by atoms with Crippen molar-refractivity contribution in [3.05, 3.63) is 23.0 Å². The third-order valence-corrected chi connectivity index (χ3v) is 4.48. The Morgan fingerprint density at radius 3 is 2.86 bits per heavy atom. The number of hydrogen-bond acceptors (Lipinski definition) is 4. The van der Waals surface area contributed by atoms with Crippen molar-refractivity contribution in [2.45, 2.75) is 45.3 Å². The fourth-order valence-electron chi connectivity index (χ4n) is 3.14. The van der Waals surface area contributed by atoms with Gasteiger partial charge in [0.15, 0.2) is 0 Å². The molecule has 3 heterocycles. The molecule has 0 spiro atoms. The quantitative estimate of drug-likeness (QED) is 0.783. The molecule has 1 unspecified atom stereocenters. The molecule has 0 radical (unpaired) electrons. The van der Waals surface area contributed by atoms with E-state index in [1.54, 1.807) is 11.1 Å². The van der Waals surface area contributed by atoms with Crippen LogP contribution in [0.2, 0.25) is 5.15 Å². The van der Waals surface area contributed by atoms with E-state index < -0.39 is 0 Å². The molecule has 1 saturated heterocycles. The first-order chi connectivity index (χ1) is 10.5. The molecule has 1 atom stereocenters. The number of aromatic nitrogens is 1. The molecule has 2 aliphatic rings. The summed E-state index contributed by atoms with van der Waals surface area (Å²) in [6, 6.07) is 1.88. The van der Waals surface area contributed by atoms with Crippen molar-refractivity contribution in [1.29, 1.82) is 0 Å². The standard InChI is InChI=1S/C16H21ClN2O3/c1-10(2)21-16(20)19-5-3-11(4-6-19)13-7-12-8-15(17)18-9-14(12)22-13/h8-11,13H,3-7H2,1-2H3. The Labute approximate surface area is 135 Å². The van der Waals surface area contributed by atoms with Crippen molar-refractivity contribution in [1.82, 2.24) is 9.88 Å². The second kappa shape index (κ2) is 6.32. The Hall–Kier alpha value is -1.49. The molecule has 0 bridgehead atoms. The van der Waals surface area contributed by atoms with Crippen LogP contribution >= 0.6 is 11.6 Å². The summed E-state index contributed by atoms with van der Waals surface area (Å²) < 4.78 is 11.3. The second-order valence-electron chi connectivity index (χ2n) is 6.23. The Morgan fingerprint density at radius 1 is 1.45 bits per heavy atom. The van der Waals surface area contributed by atoms with Crippen LogP contribution in [0.5, 0.6) is 5.75 Å². The highest BCUT2D eigenvalue weighted by atomic mass is 35.5. The fraction of sp³-hybridized carbons (Fsp3) is 0.625. The molecule has 1 fully saturated rings. The van der Waals surface area contributed by atoms with Crippen molar-refractivity contribution in [3.8, 4) is 5.75 Å². The van der Waals surface area contributed by atoms with E-state index in [-0.39, 0.29) is 18.3 Å². The maximum atomic E-state index is 11.9. The number of rotatable bonds is 2. The molecule has 5 nitrogen and oxygen atoms in total. The average molecular weight is 325 g/mol. The number of piperidine rings is 1. The maximum absolute atomic E-state index is 11.9. The Bertz CT molecular complexity index is 556. The number of amides is 1. The zero-order valence-electron chi connectivity index (χ0n) is 12.9. The smallest absolute Gasteiger partial charge is 0.410 e. The van der Waals surface area contributed by atoms with Crippen molar-refractivity contribution in [3.63, 3.8) is 0 Å². The van der Waals surface area contributed by atoms with Gasteiger partial charge in [-0.15, -0.1) is 0 Å². The van der Waals surface area contributed by atoms with E-state index >= 15 is 0 Å². The predicted molar refractivity (Wildman–Crippen MR) is 83.3 cm³/mol. The Balaban J connectivity index is 1.54. The largest absolute Gasteiger partial charge is 0.488 e. The summed E-state index contributed by atoms with van der Waals surface area (Å²) in [7, 11) is 0. The first-order valence-electron chi connectivity index (χ1n) is 7.79. The number of ether oxygens (including phenoxy) is 2. The zero-order chi connectivity index (χ0) is 15.7. The summed E-state index contributed by atoms with van der Waals surface area (Å²) in [6.45, 7) is 5.19. The average Bonchev–Trinajstić information content (AvgIpc) is 2.89. The monoisotopic (exact) mass is 324 g/mol. The summed E-state index contributed by atoms with van der Waals surface area (Å²) in [5.41, 5.74) is 1.13. The van der Waals surface area contributed by atoms with Gasteiger partial charge >= 0.3 is 6.09 Å². The Kier molecular flexibility index (Phi) is 4.43. The molecular formula is C16H21ClN2O3. The van der Waals surface area contributed by atoms with Gasteiger partial charge in [-0.2, -0.15) is 0 Å². The number of pyridine rings is 1. The lowest BCUT2D eigenvalue weighted by molar-refractivity contribution is 0.0502. The van der Waals surface area contributed by atoms with E-state index in [0.717, 1.165) is 43.7 Å². The van der Waals surface area contributed by atoms with E-state index in [4.69, 9.17) is 21.1 Å². The summed E-state index contributed by atoms with van der Waals surface area (Å²) >= 11 is 5.93. The predicted octanol–water partition coefficient (Wildman–Crippen LogP) is 3.30. The summed E-state index contributed by atoms with van der Waals surface area (Å²) in [5, 5.41) is 0.509. The number of likely N-dealkylation sites (tertiary alicyclic amines) is 1. The molecule has 2 aliphatic heterocycles. The van der Waals surface area contributed by atoms with Crippen LogP contribution < -0.4 is 4.74 Å². The van der Waals surface area contributed by atoms with Crippen molar-refractivity contribution >= 4 is 17.7 Å². The van der Waals surface area contributed by atoms with Crippen LogP contribution in [0, 0.1) is 5.92 Å². The van der Waals surface area contributed by atoms with Gasteiger partial charge in [-0.1, -0.05) is 11.6 Å². The van der Waals surface area contributed by atoms with Gasteiger partial charge in [0.25, 0.3) is 0 Å². The molecule has 0 saturated carbocycles. The number of halogens is 1. The second-order valence-corrected chi connectivity index (χ2v) is 6.62. The zero-order valence-corrected chi connectivity index (χ0v) is 13.7. The van der Waals surface area contributed by atoms with Crippen LogP contribution in [0.3, 0.4) is 0 Å². The van der Waals surface area contributed by atoms with E-state index in [1.165, 1.54) is 0 Å². The van der Waals surface area contributed by atoms with Crippen molar-refractivity contribution in [2.75, 3.05) is 13.1 Å². The van der Waals surface area contributed by atoms with Gasteiger partial charge in [0.05, 0.1) is 12.3 Å². The number of hydrogen-bond donors (Lipinski definition) is 0. The molecule has 6 heteroatoms. The number of carbonyl (C=O) groups is 1. The topological polar surface area (TPSA) is 51.7 Å². The van der Waals surface area contributed by atoms with Crippen molar-refractivity contribution < 1.29 is 14.3 Å². The third kappa shape index (κ3) is 3.29. The minimum Gasteiger partial charge on any atom is -0.488 e. The molecule has 1 amide bonds. The molecule has 0 aliphatic carbocycles. The van der Waals surface area contributed by atoms with Gasteiger partial charge in [-0.3, -0.25) is 0 Å². The highest BCUT2D eigenvalue weighted by molar-refractivity contribution is 6.29. The first-order valence-corrected chi connectivity index (χ1v) is 8.17. The lowest BCUT2D eigenvalue weighted by atomic mass is 9.89. The van der Waals surface area contributed by atoms with Gasteiger partial charge < -0.3 is 14.4 Å². The maximum Gasteiger partial charge on any atom is 0.410 e. The minimum atomic E-state index is -0.208. The third-order valence-electron chi connectivity index (χ3n) is 4.27. The molecular weight excluding hydrogens is 304 g/mol. The normalized spacial score (nSPS) is 21.6. The highest BCUT2D eigenvalue weighted by Gasteiger charge is 2.34. The molecule has 22 heavy (non-hydrogen) atoms. The van der Waals surface area contributed by atoms with Crippen LogP contribution in [-0.2, 0) is 11.2 Å². The van der Waals surface area contributed by atoms with E-state index in [9.17, 15) is 4.79 Å². The SMILES string of the molecule is CC(C)OC(=O)N1CCC(C2Cc3cc(Cl)ncc3O2)CC1. The van der Waals surface area contributed by atoms with E-state index in [1.807, 2.05) is 19.9 Å². The van der Waals surface area contributed by atoms with Gasteiger partial charge in [-0.05, 0) is 38.7 Å². The van der Waals surface area contributed by atoms with Gasteiger partial charge in [-0.25, -0.2) is 9.78 Å². The highest BCUT2D eigenvalue weighted by Crippen LogP contribution is 2.35. The van der Waals surface area contributed by atoms with Crippen LogP contribution in [0.4, 0.5) is 4.79 Å². The minimum absolute atomic E-state index is 0.0739. The molecule has 0 aromatic carbocycles. The lowest BCUT2D eigenvalue weighted by Crippen LogP contribution is -2.43. The van der Waals surface area contributed by atoms with Gasteiger partial charge in [0.2, 0.25) is 0 Å². The molecule has 0 N–H and O–H groups in total. The fourth-order valence-corrected chi connectivity index (χ4v) is 3.32. The lowest BCUT2D eigenvalue weighted by Gasteiger charge is -2.34. The van der Waals surface area contributed by atoms with Crippen LogP contribution in [0.1, 0.15) is 32.3 Å². The molecule has 3 rings (SSSR count). The van der Waals surface area contributed by atoms with E-state index in [0.29, 0.717) is 11.1 Å². The van der Waals surface area contributed by atoms with Gasteiger partial charge in [0.1, 0.15) is 17.0 Å². The van der Waals surface area contributed by atoms with Crippen LogP contribution in [0.15, 0.2) is 12.3 Å². The van der Waals surface area contributed by atoms with Crippen molar-refractivity contribution in [2.24, 2.45) is 5.92 Å². The van der Waals surface area contributed by atoms with Gasteiger partial charge in [0, 0.05) is 25.1 Å². The number of carbonyl (C=O) groups excluding carboxylic acids is 1. The molecule has 1 aromatic rings. The summed E-state index contributed by atoms with van der Waals surface area (Å²) in [4.78, 5) is 17.8. The first kappa shape index (κ1) is 15.4. The summed E-state index contributed by atoms with van der Waals surface area (Å²) in [6.07, 6.45) is 4.33. The Morgan fingerprint density at radius 2 is 2.18 bits per heavy atom. The number of nitrogens with zero attached hydrogens (tertiary/aromatic N) is 2. The van der Waals surface area contributed by atoms with E-state index in [2.05, 4.69) is 4.98 Å². The number of fused-ring (bicyclic) bond motifs is 1.